The predicted octanol–water partition coefficient (Wildman–Crippen LogP) is 12.4. The van der Waals surface area contributed by atoms with Gasteiger partial charge in [0, 0.05) is 11.1 Å². The average Bonchev–Trinajstić information content (AvgIpc) is 3.07. The van der Waals surface area contributed by atoms with Crippen molar-refractivity contribution in [1.29, 1.82) is 0 Å². The largest absolute Gasteiger partial charge is 0.494 e. The Morgan fingerprint density at radius 1 is 0.511 bits per heavy atom. The fraction of sp³-hybridized carbons (Fsp3) is 0.524. The van der Waals surface area contributed by atoms with Gasteiger partial charge in [0.25, 0.3) is 0 Å². The van der Waals surface area contributed by atoms with Gasteiger partial charge < -0.3 is 4.74 Å². The lowest BCUT2D eigenvalue weighted by molar-refractivity contribution is 0.0894. The van der Waals surface area contributed by atoms with E-state index < -0.39 is 0 Å². The Bertz CT molecular complexity index is 1230. The Balaban J connectivity index is 1.37. The molecule has 3 aromatic carbocycles. The molecule has 0 aromatic heterocycles. The third-order valence-electron chi connectivity index (χ3n) is 8.81. The molecule has 3 nitrogen and oxygen atoms in total. The fourth-order valence-corrected chi connectivity index (χ4v) is 5.89. The standard InChI is InChI=1S/C42H58O3/c1-3-5-7-9-11-12-13-14-16-18-21-35-24-26-36(27-25-35)37-28-30-38(31-29-37)41(43)34-42(44)39-22-20-23-40(33-39)45-32-19-17-15-10-8-6-4-2/h20,22-31,33H,3-19,21,32,34H2,1-2H3. The first kappa shape index (κ1) is 36.3. The highest BCUT2D eigenvalue weighted by Gasteiger charge is 2.15. The summed E-state index contributed by atoms with van der Waals surface area (Å²) in [6.45, 7) is 5.16. The van der Waals surface area contributed by atoms with Gasteiger partial charge >= 0.3 is 0 Å². The van der Waals surface area contributed by atoms with Crippen LogP contribution in [0.1, 0.15) is 156 Å². The smallest absolute Gasteiger partial charge is 0.170 e. The average molecular weight is 611 g/mol. The van der Waals surface area contributed by atoms with Crippen molar-refractivity contribution in [3.8, 4) is 16.9 Å². The number of carbonyl (C=O) groups excluding carboxylic acids is 2. The van der Waals surface area contributed by atoms with Gasteiger partial charge in [-0.3, -0.25) is 9.59 Å². The molecule has 0 fully saturated rings. The highest BCUT2D eigenvalue weighted by atomic mass is 16.5. The van der Waals surface area contributed by atoms with E-state index in [1.54, 1.807) is 12.1 Å². The fourth-order valence-electron chi connectivity index (χ4n) is 5.89. The van der Waals surface area contributed by atoms with Crippen molar-refractivity contribution >= 4 is 11.6 Å². The van der Waals surface area contributed by atoms with Gasteiger partial charge in [0.1, 0.15) is 5.75 Å². The molecule has 3 aromatic rings. The van der Waals surface area contributed by atoms with Crippen molar-refractivity contribution in [2.24, 2.45) is 0 Å². The zero-order valence-corrected chi connectivity index (χ0v) is 28.3. The van der Waals surface area contributed by atoms with E-state index >= 15 is 0 Å². The molecule has 3 rings (SSSR count). The van der Waals surface area contributed by atoms with Crippen molar-refractivity contribution in [1.82, 2.24) is 0 Å². The molecular weight excluding hydrogens is 552 g/mol. The second kappa shape index (κ2) is 22.3. The number of ketones is 2. The number of hydrogen-bond acceptors (Lipinski definition) is 3. The zero-order chi connectivity index (χ0) is 32.0. The van der Waals surface area contributed by atoms with Crippen LogP contribution in [-0.4, -0.2) is 18.2 Å². The molecule has 0 aliphatic carbocycles. The molecule has 3 heteroatoms. The van der Waals surface area contributed by atoms with Crippen LogP contribution in [-0.2, 0) is 6.42 Å². The summed E-state index contributed by atoms with van der Waals surface area (Å²) in [7, 11) is 0. The third-order valence-corrected chi connectivity index (χ3v) is 8.81. The van der Waals surface area contributed by atoms with Crippen molar-refractivity contribution in [3.63, 3.8) is 0 Å². The summed E-state index contributed by atoms with van der Waals surface area (Å²) in [5, 5.41) is 0. The normalized spacial score (nSPS) is 11.1. The van der Waals surface area contributed by atoms with E-state index in [-0.39, 0.29) is 18.0 Å². The van der Waals surface area contributed by atoms with Crippen molar-refractivity contribution in [3.05, 3.63) is 89.5 Å². The number of aryl methyl sites for hydroxylation is 1. The highest BCUT2D eigenvalue weighted by molar-refractivity contribution is 6.13. The first-order valence-electron chi connectivity index (χ1n) is 18.1. The van der Waals surface area contributed by atoms with Gasteiger partial charge in [-0.25, -0.2) is 0 Å². The summed E-state index contributed by atoms with van der Waals surface area (Å²) >= 11 is 0. The SMILES string of the molecule is CCCCCCCCCCCCc1ccc(-c2ccc(C(=O)CC(=O)c3cccc(OCCCCCCCCC)c3)cc2)cc1. The molecule has 0 aliphatic heterocycles. The second-order valence-electron chi connectivity index (χ2n) is 12.7. The van der Waals surface area contributed by atoms with Gasteiger partial charge in [0.05, 0.1) is 13.0 Å². The molecule has 0 bridgehead atoms. The number of benzene rings is 3. The first-order chi connectivity index (χ1) is 22.1. The lowest BCUT2D eigenvalue weighted by atomic mass is 9.97. The lowest BCUT2D eigenvalue weighted by Crippen LogP contribution is -2.09. The topological polar surface area (TPSA) is 43.4 Å². The Hall–Kier alpha value is -3.20. The van der Waals surface area contributed by atoms with Gasteiger partial charge in [0.15, 0.2) is 11.6 Å². The number of Topliss-reactive ketones (excluding diaryl/α,β-unsaturated/α-hetero) is 2. The van der Waals surface area contributed by atoms with Crippen molar-refractivity contribution < 1.29 is 14.3 Å². The van der Waals surface area contributed by atoms with Crippen LogP contribution in [0, 0.1) is 0 Å². The Morgan fingerprint density at radius 3 is 1.58 bits per heavy atom. The third kappa shape index (κ3) is 14.6. The van der Waals surface area contributed by atoms with Crippen LogP contribution in [0.5, 0.6) is 5.75 Å². The van der Waals surface area contributed by atoms with Crippen LogP contribution < -0.4 is 4.74 Å². The molecule has 0 atom stereocenters. The molecule has 45 heavy (non-hydrogen) atoms. The van der Waals surface area contributed by atoms with E-state index in [1.807, 2.05) is 36.4 Å². The summed E-state index contributed by atoms with van der Waals surface area (Å²) in [5.41, 5.74) is 4.70. The minimum Gasteiger partial charge on any atom is -0.494 e. The maximum absolute atomic E-state index is 12.9. The number of hydrogen-bond donors (Lipinski definition) is 0. The quantitative estimate of drug-likeness (QED) is 0.0544. The monoisotopic (exact) mass is 610 g/mol. The molecule has 0 radical (unpaired) electrons. The van der Waals surface area contributed by atoms with Gasteiger partial charge in [-0.15, -0.1) is 0 Å². The van der Waals surface area contributed by atoms with Crippen LogP contribution in [0.2, 0.25) is 0 Å². The minimum atomic E-state index is -0.177. The molecule has 0 spiro atoms. The molecule has 0 heterocycles. The van der Waals surface area contributed by atoms with Crippen molar-refractivity contribution in [2.75, 3.05) is 6.61 Å². The van der Waals surface area contributed by atoms with E-state index in [2.05, 4.69) is 38.1 Å². The number of ether oxygens (including phenoxy) is 1. The first-order valence-corrected chi connectivity index (χ1v) is 18.1. The maximum Gasteiger partial charge on any atom is 0.170 e. The molecule has 0 N–H and O–H groups in total. The summed E-state index contributed by atoms with van der Waals surface area (Å²) in [5.74, 6) is 0.356. The van der Waals surface area contributed by atoms with E-state index in [4.69, 9.17) is 4.74 Å². The molecule has 0 aliphatic rings. The minimum absolute atomic E-state index is 0.145. The number of rotatable bonds is 25. The Labute approximate surface area is 274 Å². The van der Waals surface area contributed by atoms with Crippen LogP contribution in [0.15, 0.2) is 72.8 Å². The maximum atomic E-state index is 12.9. The van der Waals surface area contributed by atoms with Gasteiger partial charge in [-0.05, 0) is 48.1 Å². The van der Waals surface area contributed by atoms with E-state index in [0.29, 0.717) is 23.5 Å². The molecule has 244 valence electrons. The molecule has 0 unspecified atom stereocenters. The number of carbonyl (C=O) groups is 2. The van der Waals surface area contributed by atoms with Gasteiger partial charge in [-0.1, -0.05) is 171 Å². The predicted molar refractivity (Wildman–Crippen MR) is 191 cm³/mol. The van der Waals surface area contributed by atoms with Gasteiger partial charge in [-0.2, -0.15) is 0 Å². The Kier molecular flexibility index (Phi) is 18.0. The summed E-state index contributed by atoms with van der Waals surface area (Å²) in [6, 6.07) is 23.7. The second-order valence-corrected chi connectivity index (χ2v) is 12.7. The molecule has 0 saturated heterocycles. The van der Waals surface area contributed by atoms with Crippen LogP contribution >= 0.6 is 0 Å². The van der Waals surface area contributed by atoms with Gasteiger partial charge in [0.2, 0.25) is 0 Å². The summed E-state index contributed by atoms with van der Waals surface area (Å²) in [6.07, 6.45) is 23.2. The van der Waals surface area contributed by atoms with Crippen LogP contribution in [0.3, 0.4) is 0 Å². The molecule has 0 saturated carbocycles. The molecular formula is C42H58O3. The van der Waals surface area contributed by atoms with Crippen LogP contribution in [0.4, 0.5) is 0 Å². The molecule has 0 amide bonds. The summed E-state index contributed by atoms with van der Waals surface area (Å²) < 4.78 is 5.89. The summed E-state index contributed by atoms with van der Waals surface area (Å²) in [4.78, 5) is 25.8. The zero-order valence-electron chi connectivity index (χ0n) is 28.3. The van der Waals surface area contributed by atoms with E-state index in [0.717, 1.165) is 24.0 Å². The van der Waals surface area contributed by atoms with Crippen LogP contribution in [0.25, 0.3) is 11.1 Å². The highest BCUT2D eigenvalue weighted by Crippen LogP contribution is 2.23. The van der Waals surface area contributed by atoms with E-state index in [9.17, 15) is 9.59 Å². The lowest BCUT2D eigenvalue weighted by Gasteiger charge is -2.08. The number of unbranched alkanes of at least 4 members (excludes halogenated alkanes) is 15. The Morgan fingerprint density at radius 2 is 1.00 bits per heavy atom. The van der Waals surface area contributed by atoms with E-state index in [1.165, 1.54) is 108 Å². The van der Waals surface area contributed by atoms with Crippen molar-refractivity contribution in [2.45, 2.75) is 136 Å².